The van der Waals surface area contributed by atoms with Gasteiger partial charge in [-0.1, -0.05) is 42.5 Å². The molecule has 4 rings (SSSR count). The van der Waals surface area contributed by atoms with E-state index in [0.29, 0.717) is 18.4 Å². The molecule has 2 bridgehead atoms. The largest absolute Gasteiger partial charge is 0.311 e. The summed E-state index contributed by atoms with van der Waals surface area (Å²) in [5.41, 5.74) is 1.43. The van der Waals surface area contributed by atoms with Crippen LogP contribution in [0.1, 0.15) is 36.7 Å². The van der Waals surface area contributed by atoms with Gasteiger partial charge in [0.1, 0.15) is 5.82 Å². The third kappa shape index (κ3) is 3.07. The molecular weight excluding hydrogens is 315 g/mol. The van der Waals surface area contributed by atoms with Crippen molar-refractivity contribution in [3.8, 4) is 0 Å². The first-order chi connectivity index (χ1) is 11.8. The molecule has 2 aromatic rings. The summed E-state index contributed by atoms with van der Waals surface area (Å²) in [6, 6.07) is 15.3. The maximum atomic E-state index is 13.1. The Balaban J connectivity index is 1.61. The maximum absolute atomic E-state index is 13.1. The average molecular weight is 332 g/mol. The summed E-state index contributed by atoms with van der Waals surface area (Å²) < 4.78 is 19.1. The Labute approximate surface area is 138 Å². The van der Waals surface area contributed by atoms with Gasteiger partial charge in [-0.15, -0.1) is 0 Å². The van der Waals surface area contributed by atoms with E-state index in [2.05, 4.69) is 0 Å². The fraction of sp³-hybridized carbons (Fsp3) is 0.333. The Kier molecular flexibility index (Phi) is 4.30. The summed E-state index contributed by atoms with van der Waals surface area (Å²) in [4.78, 5) is 21.8. The number of benzene rings is 2. The molecule has 2 aromatic carbocycles. The van der Waals surface area contributed by atoms with Gasteiger partial charge < -0.3 is 4.74 Å². The lowest BCUT2D eigenvalue weighted by Gasteiger charge is -2.41. The Hall–Kier alpha value is -1.83. The first-order valence-corrected chi connectivity index (χ1v) is 7.91. The Morgan fingerprint density at radius 3 is 2.50 bits per heavy atom. The second-order valence-corrected chi connectivity index (χ2v) is 5.81. The molecule has 2 aliphatic heterocycles. The van der Waals surface area contributed by atoms with E-state index in [4.69, 9.17) is 24.3 Å². The van der Waals surface area contributed by atoms with E-state index in [1.165, 1.54) is 12.1 Å². The molecule has 126 valence electrons. The predicted octanol–water partition coefficient (Wildman–Crippen LogP) is 4.11. The molecule has 0 N–H and O–H groups in total. The van der Waals surface area contributed by atoms with Gasteiger partial charge in [-0.3, -0.25) is 0 Å². The van der Waals surface area contributed by atoms with Crippen molar-refractivity contribution in [2.45, 2.75) is 37.6 Å². The Morgan fingerprint density at radius 1 is 0.917 bits per heavy atom. The highest BCUT2D eigenvalue weighted by molar-refractivity contribution is 5.21. The van der Waals surface area contributed by atoms with Gasteiger partial charge in [-0.25, -0.2) is 9.28 Å². The van der Waals surface area contributed by atoms with Crippen LogP contribution in [0.3, 0.4) is 0 Å². The highest BCUT2D eigenvalue weighted by atomic mass is 19.1. The first-order valence-electron chi connectivity index (χ1n) is 7.91. The minimum absolute atomic E-state index is 0.340. The standard InChI is InChI=1S/C18H17FO5/c19-15-10-8-13(9-11-15)17-22-21-16-7-4-12-18(20-16,24-23-17)14-5-2-1-3-6-14/h1-3,5-6,8-11,16-17H,4,7,12H2/t16-,17?,18-/m0/s1. The van der Waals surface area contributed by atoms with Crippen molar-refractivity contribution in [3.05, 3.63) is 71.5 Å². The highest BCUT2D eigenvalue weighted by Crippen LogP contribution is 2.42. The quantitative estimate of drug-likeness (QED) is 0.774. The molecular formula is C18H17FO5. The molecule has 1 unspecified atom stereocenters. The van der Waals surface area contributed by atoms with Gasteiger partial charge in [0.25, 0.3) is 0 Å². The number of hydrogen-bond acceptors (Lipinski definition) is 5. The van der Waals surface area contributed by atoms with Gasteiger partial charge in [0.15, 0.2) is 6.29 Å². The SMILES string of the molecule is Fc1ccc(C2OO[C@H]3CCC[C@@](c4ccccc4)(OO2)O3)cc1. The van der Waals surface area contributed by atoms with Crippen LogP contribution >= 0.6 is 0 Å². The Bertz CT molecular complexity index is 678. The van der Waals surface area contributed by atoms with Crippen molar-refractivity contribution in [1.29, 1.82) is 0 Å². The predicted molar refractivity (Wildman–Crippen MR) is 80.3 cm³/mol. The van der Waals surface area contributed by atoms with Crippen molar-refractivity contribution in [2.24, 2.45) is 0 Å². The number of hydrogen-bond donors (Lipinski definition) is 0. The van der Waals surface area contributed by atoms with Gasteiger partial charge in [0.05, 0.1) is 0 Å². The zero-order valence-corrected chi connectivity index (χ0v) is 12.9. The molecule has 0 aromatic heterocycles. The summed E-state index contributed by atoms with van der Waals surface area (Å²) in [7, 11) is 0. The lowest BCUT2D eigenvalue weighted by atomic mass is 9.97. The minimum atomic E-state index is -1.05. The molecule has 6 heteroatoms. The topological polar surface area (TPSA) is 46.2 Å². The van der Waals surface area contributed by atoms with Crippen molar-refractivity contribution in [1.82, 2.24) is 0 Å². The number of rotatable bonds is 2. The molecule has 2 fully saturated rings. The fourth-order valence-electron chi connectivity index (χ4n) is 2.89. The number of fused-ring (bicyclic) bond motifs is 2. The first kappa shape index (κ1) is 15.7. The van der Waals surface area contributed by atoms with Crippen molar-refractivity contribution < 1.29 is 28.7 Å². The summed E-state index contributed by atoms with van der Waals surface area (Å²) >= 11 is 0. The molecule has 0 aliphatic carbocycles. The zero-order chi connectivity index (χ0) is 16.4. The molecule has 2 aliphatic rings. The molecule has 5 nitrogen and oxygen atoms in total. The second kappa shape index (κ2) is 6.58. The van der Waals surface area contributed by atoms with Crippen LogP contribution in [0.2, 0.25) is 0 Å². The van der Waals surface area contributed by atoms with Crippen LogP contribution in [0, 0.1) is 5.82 Å². The fourth-order valence-corrected chi connectivity index (χ4v) is 2.89. The Morgan fingerprint density at radius 2 is 1.71 bits per heavy atom. The van der Waals surface area contributed by atoms with Gasteiger partial charge >= 0.3 is 0 Å². The molecule has 0 saturated carbocycles. The summed E-state index contributed by atoms with van der Waals surface area (Å²) in [5.74, 6) is -1.39. The van der Waals surface area contributed by atoms with Crippen LogP contribution < -0.4 is 0 Å². The molecule has 0 amide bonds. The van der Waals surface area contributed by atoms with Gasteiger partial charge in [-0.2, -0.15) is 14.7 Å². The van der Waals surface area contributed by atoms with E-state index in [-0.39, 0.29) is 5.82 Å². The monoisotopic (exact) mass is 332 g/mol. The molecule has 2 saturated heterocycles. The van der Waals surface area contributed by atoms with Crippen molar-refractivity contribution in [3.63, 3.8) is 0 Å². The van der Waals surface area contributed by atoms with Crippen LogP contribution in [0.25, 0.3) is 0 Å². The van der Waals surface area contributed by atoms with E-state index in [9.17, 15) is 4.39 Å². The summed E-state index contributed by atoms with van der Waals surface area (Å²) in [5, 5.41) is 0. The van der Waals surface area contributed by atoms with Gasteiger partial charge in [0.2, 0.25) is 12.1 Å². The smallest absolute Gasteiger partial charge is 0.249 e. The van der Waals surface area contributed by atoms with Crippen LogP contribution in [-0.2, 0) is 30.1 Å². The van der Waals surface area contributed by atoms with Crippen molar-refractivity contribution in [2.75, 3.05) is 0 Å². The average Bonchev–Trinajstić information content (AvgIpc) is 2.63. The van der Waals surface area contributed by atoms with E-state index in [1.54, 1.807) is 12.1 Å². The van der Waals surface area contributed by atoms with E-state index >= 15 is 0 Å². The van der Waals surface area contributed by atoms with Crippen LogP contribution in [0.5, 0.6) is 0 Å². The molecule has 0 radical (unpaired) electrons. The number of ether oxygens (including phenoxy) is 1. The third-order valence-corrected chi connectivity index (χ3v) is 4.14. The van der Waals surface area contributed by atoms with E-state index in [0.717, 1.165) is 12.0 Å². The second-order valence-electron chi connectivity index (χ2n) is 5.81. The lowest BCUT2D eigenvalue weighted by molar-refractivity contribution is -0.593. The van der Waals surface area contributed by atoms with Gasteiger partial charge in [-0.05, 0) is 18.6 Å². The molecule has 0 spiro atoms. The number of halogens is 1. The van der Waals surface area contributed by atoms with Crippen LogP contribution in [-0.4, -0.2) is 6.29 Å². The van der Waals surface area contributed by atoms with E-state index in [1.807, 2.05) is 30.3 Å². The molecule has 24 heavy (non-hydrogen) atoms. The van der Waals surface area contributed by atoms with Gasteiger partial charge in [0, 0.05) is 24.0 Å². The summed E-state index contributed by atoms with van der Waals surface area (Å²) in [6.07, 6.45) is 0.665. The normalized spacial score (nSPS) is 30.4. The van der Waals surface area contributed by atoms with Crippen LogP contribution in [0.15, 0.2) is 54.6 Å². The highest BCUT2D eigenvalue weighted by Gasteiger charge is 2.45. The minimum Gasteiger partial charge on any atom is -0.311 e. The van der Waals surface area contributed by atoms with E-state index < -0.39 is 18.4 Å². The van der Waals surface area contributed by atoms with Crippen LogP contribution in [0.4, 0.5) is 4.39 Å². The summed E-state index contributed by atoms with van der Waals surface area (Å²) in [6.45, 7) is 0. The molecule has 2 heterocycles. The lowest BCUT2D eigenvalue weighted by Crippen LogP contribution is -2.44. The van der Waals surface area contributed by atoms with Crippen molar-refractivity contribution >= 4 is 0 Å². The molecule has 3 atom stereocenters. The maximum Gasteiger partial charge on any atom is 0.249 e. The third-order valence-electron chi connectivity index (χ3n) is 4.14. The zero-order valence-electron chi connectivity index (χ0n) is 12.9.